The van der Waals surface area contributed by atoms with Gasteiger partial charge in [-0.3, -0.25) is 4.79 Å². The van der Waals surface area contributed by atoms with Crippen molar-refractivity contribution in [2.75, 3.05) is 13.8 Å². The van der Waals surface area contributed by atoms with E-state index in [0.717, 1.165) is 5.56 Å². The number of fused-ring (bicyclic) bond motifs is 1. The van der Waals surface area contributed by atoms with Crippen LogP contribution in [0.5, 0.6) is 11.5 Å². The molecule has 0 radical (unpaired) electrons. The molecule has 3 rings (SSSR count). The summed E-state index contributed by atoms with van der Waals surface area (Å²) in [5, 5.41) is 5.52. The lowest BCUT2D eigenvalue weighted by atomic mass is 10.1. The normalized spacial score (nSPS) is 14.3. The minimum atomic E-state index is -3.75. The Morgan fingerprint density at radius 1 is 1.25 bits per heavy atom. The first kappa shape index (κ1) is 20.2. The van der Waals surface area contributed by atoms with Crippen LogP contribution in [-0.4, -0.2) is 33.1 Å². The van der Waals surface area contributed by atoms with Crippen LogP contribution >= 0.6 is 11.6 Å². The number of rotatable bonds is 5. The summed E-state index contributed by atoms with van der Waals surface area (Å²) in [5.41, 5.74) is 1.49. The lowest BCUT2D eigenvalue weighted by Gasteiger charge is -2.24. The van der Waals surface area contributed by atoms with Gasteiger partial charge >= 0.3 is 0 Å². The Morgan fingerprint density at radius 3 is 2.57 bits per heavy atom. The number of primary sulfonamides is 1. The van der Waals surface area contributed by atoms with E-state index in [1.54, 1.807) is 37.4 Å². The van der Waals surface area contributed by atoms with Crippen LogP contribution in [-0.2, 0) is 14.8 Å². The number of carbonyl (C=O) groups excluding carboxylic acids is 1. The van der Waals surface area contributed by atoms with Gasteiger partial charge in [-0.1, -0.05) is 23.7 Å². The number of likely N-dealkylation sites (N-methyl/N-ethyl adjacent to an activating group) is 1. The molecule has 0 saturated heterocycles. The molecule has 0 aromatic heterocycles. The smallest absolute Gasteiger partial charge is 0.246 e. The first-order chi connectivity index (χ1) is 13.2. The Hall–Kier alpha value is -2.55. The second kappa shape index (κ2) is 7.83. The van der Waals surface area contributed by atoms with Crippen LogP contribution in [0.3, 0.4) is 0 Å². The molecule has 1 atom stereocenters. The maximum Gasteiger partial charge on any atom is 0.246 e. The third-order valence-corrected chi connectivity index (χ3v) is 5.70. The summed E-state index contributed by atoms with van der Waals surface area (Å²) in [6.07, 6.45) is 3.08. The summed E-state index contributed by atoms with van der Waals surface area (Å²) in [7, 11) is -2.09. The zero-order chi connectivity index (χ0) is 20.5. The zero-order valence-electron chi connectivity index (χ0n) is 15.3. The zero-order valence-corrected chi connectivity index (χ0v) is 16.8. The number of ether oxygens (including phenoxy) is 2. The van der Waals surface area contributed by atoms with Gasteiger partial charge in [-0.15, -0.1) is 0 Å². The molecule has 1 amide bonds. The number of hydrogen-bond acceptors (Lipinski definition) is 5. The number of sulfonamides is 1. The molecule has 1 aliphatic rings. The first-order valence-corrected chi connectivity index (χ1v) is 10.3. The van der Waals surface area contributed by atoms with Gasteiger partial charge in [-0.05, 0) is 48.4 Å². The van der Waals surface area contributed by atoms with Gasteiger partial charge in [0.05, 0.1) is 16.0 Å². The van der Waals surface area contributed by atoms with Gasteiger partial charge in [0.25, 0.3) is 0 Å². The van der Waals surface area contributed by atoms with E-state index in [1.165, 1.54) is 23.1 Å². The molecule has 0 fully saturated rings. The Balaban J connectivity index is 1.72. The van der Waals surface area contributed by atoms with Crippen LogP contribution in [0.4, 0.5) is 0 Å². The highest BCUT2D eigenvalue weighted by atomic mass is 35.5. The second-order valence-corrected chi connectivity index (χ2v) is 8.28. The van der Waals surface area contributed by atoms with Crippen molar-refractivity contribution in [1.29, 1.82) is 0 Å². The van der Waals surface area contributed by atoms with Crippen molar-refractivity contribution in [3.8, 4) is 11.5 Å². The third kappa shape index (κ3) is 4.30. The van der Waals surface area contributed by atoms with Gasteiger partial charge in [-0.25, -0.2) is 13.6 Å². The standard InChI is InChI=1S/C19H19ClN2O5S/c1-12(14-4-6-15(7-5-14)28(21,24)25)22(2)18(23)8-3-13-9-16(20)19-17(10-13)26-11-27-19/h3-10,12H,11H2,1-2H3,(H2,21,24,25)/b8-3+. The van der Waals surface area contributed by atoms with Gasteiger partial charge in [-0.2, -0.15) is 0 Å². The van der Waals surface area contributed by atoms with E-state index in [1.807, 2.05) is 6.92 Å². The van der Waals surface area contributed by atoms with Crippen LogP contribution in [0, 0.1) is 0 Å². The minimum absolute atomic E-state index is 0.0250. The summed E-state index contributed by atoms with van der Waals surface area (Å²) in [4.78, 5) is 14.1. The number of nitrogens with two attached hydrogens (primary N) is 1. The molecule has 148 valence electrons. The molecule has 9 heteroatoms. The fraction of sp³-hybridized carbons (Fsp3) is 0.211. The van der Waals surface area contributed by atoms with E-state index in [-0.39, 0.29) is 23.6 Å². The minimum Gasteiger partial charge on any atom is -0.454 e. The SMILES string of the molecule is CC(c1ccc(S(N)(=O)=O)cc1)N(C)C(=O)/C=C/c1cc(Cl)c2c(c1)OCO2. The van der Waals surface area contributed by atoms with Gasteiger partial charge < -0.3 is 14.4 Å². The van der Waals surface area contributed by atoms with Crippen molar-refractivity contribution in [3.63, 3.8) is 0 Å². The average Bonchev–Trinajstić information content (AvgIpc) is 3.13. The summed E-state index contributed by atoms with van der Waals surface area (Å²) in [5.74, 6) is 0.812. The highest BCUT2D eigenvalue weighted by molar-refractivity contribution is 7.89. The molecular formula is C19H19ClN2O5S. The topological polar surface area (TPSA) is 98.9 Å². The predicted octanol–water partition coefficient (Wildman–Crippen LogP) is 2.95. The highest BCUT2D eigenvalue weighted by Gasteiger charge is 2.19. The molecule has 7 nitrogen and oxygen atoms in total. The lowest BCUT2D eigenvalue weighted by molar-refractivity contribution is -0.126. The number of halogens is 1. The molecule has 2 N–H and O–H groups in total. The van der Waals surface area contributed by atoms with Crippen LogP contribution in [0.2, 0.25) is 5.02 Å². The second-order valence-electron chi connectivity index (χ2n) is 6.31. The molecule has 2 aromatic rings. The molecule has 0 aliphatic carbocycles. The Kier molecular flexibility index (Phi) is 5.64. The molecule has 0 bridgehead atoms. The van der Waals surface area contributed by atoms with E-state index < -0.39 is 10.0 Å². The quantitative estimate of drug-likeness (QED) is 0.747. The van der Waals surface area contributed by atoms with Gasteiger partial charge in [0.15, 0.2) is 11.5 Å². The maximum atomic E-state index is 12.5. The Bertz CT molecular complexity index is 1040. The van der Waals surface area contributed by atoms with E-state index in [9.17, 15) is 13.2 Å². The Morgan fingerprint density at radius 2 is 1.93 bits per heavy atom. The van der Waals surface area contributed by atoms with Crippen molar-refractivity contribution < 1.29 is 22.7 Å². The van der Waals surface area contributed by atoms with Crippen LogP contribution in [0.15, 0.2) is 47.4 Å². The Labute approximate surface area is 168 Å². The average molecular weight is 423 g/mol. The van der Waals surface area contributed by atoms with Crippen molar-refractivity contribution in [2.24, 2.45) is 5.14 Å². The van der Waals surface area contributed by atoms with Crippen LogP contribution in [0.25, 0.3) is 6.08 Å². The largest absolute Gasteiger partial charge is 0.454 e. The van der Waals surface area contributed by atoms with E-state index in [4.69, 9.17) is 26.2 Å². The van der Waals surface area contributed by atoms with E-state index in [0.29, 0.717) is 22.1 Å². The lowest BCUT2D eigenvalue weighted by Crippen LogP contribution is -2.28. The fourth-order valence-electron chi connectivity index (χ4n) is 2.72. The molecule has 2 aromatic carbocycles. The molecule has 28 heavy (non-hydrogen) atoms. The number of hydrogen-bond donors (Lipinski definition) is 1. The van der Waals surface area contributed by atoms with E-state index in [2.05, 4.69) is 0 Å². The maximum absolute atomic E-state index is 12.5. The van der Waals surface area contributed by atoms with Crippen LogP contribution in [0.1, 0.15) is 24.1 Å². The monoisotopic (exact) mass is 422 g/mol. The molecule has 1 aliphatic heterocycles. The van der Waals surface area contributed by atoms with Crippen molar-refractivity contribution in [3.05, 3.63) is 58.6 Å². The predicted molar refractivity (Wildman–Crippen MR) is 106 cm³/mol. The molecule has 1 unspecified atom stereocenters. The summed E-state index contributed by atoms with van der Waals surface area (Å²) < 4.78 is 33.3. The van der Waals surface area contributed by atoms with Gasteiger partial charge in [0, 0.05) is 13.1 Å². The first-order valence-electron chi connectivity index (χ1n) is 8.33. The molecule has 0 saturated carbocycles. The summed E-state index contributed by atoms with van der Waals surface area (Å²) in [6.45, 7) is 1.96. The number of benzene rings is 2. The number of nitrogens with zero attached hydrogens (tertiary/aromatic N) is 1. The number of carbonyl (C=O) groups is 1. The third-order valence-electron chi connectivity index (χ3n) is 4.49. The fourth-order valence-corrected chi connectivity index (χ4v) is 3.51. The van der Waals surface area contributed by atoms with Gasteiger partial charge in [0.2, 0.25) is 22.7 Å². The highest BCUT2D eigenvalue weighted by Crippen LogP contribution is 2.40. The van der Waals surface area contributed by atoms with Crippen LogP contribution < -0.4 is 14.6 Å². The van der Waals surface area contributed by atoms with Crippen molar-refractivity contribution in [2.45, 2.75) is 17.9 Å². The van der Waals surface area contributed by atoms with Crippen molar-refractivity contribution >= 4 is 33.6 Å². The van der Waals surface area contributed by atoms with E-state index >= 15 is 0 Å². The molecule has 1 heterocycles. The summed E-state index contributed by atoms with van der Waals surface area (Å²) in [6, 6.07) is 9.27. The number of amides is 1. The summed E-state index contributed by atoms with van der Waals surface area (Å²) >= 11 is 6.14. The molecule has 0 spiro atoms. The molecular weight excluding hydrogens is 404 g/mol. The van der Waals surface area contributed by atoms with Crippen molar-refractivity contribution in [1.82, 2.24) is 4.90 Å². The van der Waals surface area contributed by atoms with Gasteiger partial charge in [0.1, 0.15) is 0 Å².